The molecule has 2 amide bonds. The zero-order valence-electron chi connectivity index (χ0n) is 57.0. The van der Waals surface area contributed by atoms with Gasteiger partial charge < -0.3 is 74.4 Å². The van der Waals surface area contributed by atoms with E-state index >= 15 is 0 Å². The van der Waals surface area contributed by atoms with E-state index in [0.29, 0.717) is 38.5 Å². The van der Waals surface area contributed by atoms with Crippen molar-refractivity contribution in [1.82, 2.24) is 10.6 Å². The molecule has 90 heavy (non-hydrogen) atoms. The molecule has 2 saturated heterocycles. The number of nitrogens with one attached hydrogen (secondary N) is 2. The van der Waals surface area contributed by atoms with Gasteiger partial charge in [0.1, 0.15) is 48.7 Å². The van der Waals surface area contributed by atoms with Crippen molar-refractivity contribution in [3.63, 3.8) is 0 Å². The predicted molar refractivity (Wildman–Crippen MR) is 352 cm³/mol. The Bertz CT molecular complexity index is 1780. The third-order valence-corrected chi connectivity index (χ3v) is 18.3. The first-order valence-electron chi connectivity index (χ1n) is 36.1. The number of carbonyl (C=O) groups is 4. The van der Waals surface area contributed by atoms with Crippen molar-refractivity contribution in [2.45, 2.75) is 390 Å². The molecule has 2 fully saturated rings. The Balaban J connectivity index is 2.25. The Labute approximate surface area is 544 Å². The van der Waals surface area contributed by atoms with Gasteiger partial charge in [0, 0.05) is 13.5 Å². The third kappa shape index (κ3) is 39.6. The van der Waals surface area contributed by atoms with Crippen LogP contribution in [0.3, 0.4) is 0 Å². The zero-order valence-corrected chi connectivity index (χ0v) is 57.9. The van der Waals surface area contributed by atoms with Crippen molar-refractivity contribution in [2.24, 2.45) is 5.92 Å². The Morgan fingerprint density at radius 3 is 1.39 bits per heavy atom. The predicted octanol–water partition coefficient (Wildman–Crippen LogP) is 12.4. The van der Waals surface area contributed by atoms with Gasteiger partial charge in [-0.05, 0) is 38.0 Å². The summed E-state index contributed by atoms with van der Waals surface area (Å²) in [7, 11) is -1.49. The fourth-order valence-electron chi connectivity index (χ4n) is 12.0. The minimum Gasteiger partial charge on any atom is -0.462 e. The molecule has 2 aliphatic rings. The summed E-state index contributed by atoms with van der Waals surface area (Å²) in [6, 6.07) is -2.99. The normalized spacial score (nSPS) is 23.3. The summed E-state index contributed by atoms with van der Waals surface area (Å²) in [6.07, 6.45) is 23.3. The molecular weight excluding hydrogens is 1180 g/mol. The first-order valence-corrected chi connectivity index (χ1v) is 37.2. The fourth-order valence-corrected chi connectivity index (χ4v) is 12.5. The van der Waals surface area contributed by atoms with E-state index in [0.717, 1.165) is 128 Å². The van der Waals surface area contributed by atoms with E-state index in [1.54, 1.807) is 0 Å². The highest BCUT2D eigenvalue weighted by molar-refractivity contribution is 7.40. The van der Waals surface area contributed by atoms with Crippen LogP contribution < -0.4 is 10.6 Å². The summed E-state index contributed by atoms with van der Waals surface area (Å²) in [5.74, 6) is -1.89. The van der Waals surface area contributed by atoms with Gasteiger partial charge in [-0.1, -0.05) is 253 Å². The quantitative estimate of drug-likeness (QED) is 0.0155. The highest BCUT2D eigenvalue weighted by Gasteiger charge is 2.51. The van der Waals surface area contributed by atoms with Gasteiger partial charge in [0.05, 0.1) is 44.7 Å². The molecule has 0 spiro atoms. The van der Waals surface area contributed by atoms with Gasteiger partial charge >= 0.3 is 20.5 Å². The number of hydrogen-bond donors (Lipinski definition) is 9. The standard InChI is InChI=1S/C69H131N2O18P/c1-7-10-13-16-19-21-22-25-30-34-39-44-54(74)48-61(78)88-67-63(71-58(75)47-53(73)43-38-33-29-26-23-24-28-32-37-42-52(4)5)68(86-56(50-72)65(67)80)84-51-57-64(79)66(81)62(69(87-57)89-90(82)83-6)70-59(76)49-55(45-40-35-31-20-17-14-11-8-2)85-60(77)46-41-36-27-18-15-12-9-3/h52-57,62-69,72-74,79-82H,7-51H2,1-6H3,(H,70,76)(H,71,75). The SMILES string of the molecule is CCCCCCCCCCCCCC(O)CC(=O)OC1C(O)C(CO)OC(OCC2OC(OP(O)OC)C(NC(=O)CC(CCCCCCCCCC)OC(=O)CCCCCCCCC)C(O)C2O)C1NC(=O)CC(O)CCCCCCCCCCCC(C)C. The summed E-state index contributed by atoms with van der Waals surface area (Å²) < 4.78 is 40.8. The van der Waals surface area contributed by atoms with Gasteiger partial charge in [-0.2, -0.15) is 0 Å². The number of hydrogen-bond acceptors (Lipinski definition) is 18. The molecule has 9 N–H and O–H groups in total. The lowest BCUT2D eigenvalue weighted by atomic mass is 9.95. The maximum atomic E-state index is 13.9. The largest absolute Gasteiger partial charge is 0.462 e. The van der Waals surface area contributed by atoms with Crippen molar-refractivity contribution < 1.29 is 87.4 Å². The van der Waals surface area contributed by atoms with Crippen molar-refractivity contribution in [3.05, 3.63) is 0 Å². The van der Waals surface area contributed by atoms with Crippen molar-refractivity contribution in [3.8, 4) is 0 Å². The van der Waals surface area contributed by atoms with Gasteiger partial charge in [0.2, 0.25) is 11.8 Å². The minimum atomic E-state index is -2.66. The molecule has 0 bridgehead atoms. The van der Waals surface area contributed by atoms with E-state index < -0.39 is 132 Å². The van der Waals surface area contributed by atoms with Gasteiger partial charge in [-0.25, -0.2) is 0 Å². The van der Waals surface area contributed by atoms with Crippen LogP contribution in [-0.4, -0.2) is 159 Å². The van der Waals surface area contributed by atoms with E-state index in [1.807, 2.05) is 0 Å². The number of aliphatic hydroxyl groups is 6. The van der Waals surface area contributed by atoms with Gasteiger partial charge in [-0.3, -0.25) is 23.7 Å². The topological polar surface area (TPSA) is 299 Å². The monoisotopic (exact) mass is 1310 g/mol. The first kappa shape index (κ1) is 83.9. The Kier molecular flexibility index (Phi) is 50.4. The average molecular weight is 1310 g/mol. The van der Waals surface area contributed by atoms with Gasteiger partial charge in [0.25, 0.3) is 0 Å². The van der Waals surface area contributed by atoms with Crippen LogP contribution in [0.2, 0.25) is 0 Å². The van der Waals surface area contributed by atoms with Crippen molar-refractivity contribution in [2.75, 3.05) is 20.3 Å². The van der Waals surface area contributed by atoms with Crippen LogP contribution in [0.15, 0.2) is 0 Å². The van der Waals surface area contributed by atoms with Crippen LogP contribution in [0.1, 0.15) is 311 Å². The number of unbranched alkanes of at least 4 members (excludes halogenated alkanes) is 31. The van der Waals surface area contributed by atoms with Crippen LogP contribution in [0.5, 0.6) is 0 Å². The molecule has 14 unspecified atom stereocenters. The Hall–Kier alpha value is -2.17. The molecule has 0 aromatic rings. The maximum Gasteiger partial charge on any atom is 0.332 e. The van der Waals surface area contributed by atoms with Gasteiger partial charge in [0.15, 0.2) is 18.7 Å². The summed E-state index contributed by atoms with van der Waals surface area (Å²) in [5, 5.41) is 72.9. The number of rotatable bonds is 58. The Morgan fingerprint density at radius 2 is 0.911 bits per heavy atom. The van der Waals surface area contributed by atoms with E-state index in [4.69, 9.17) is 32.7 Å². The van der Waals surface area contributed by atoms with Crippen LogP contribution in [0, 0.1) is 5.92 Å². The maximum absolute atomic E-state index is 13.9. The zero-order chi connectivity index (χ0) is 66.2. The number of ether oxygens (including phenoxy) is 5. The van der Waals surface area contributed by atoms with E-state index in [2.05, 4.69) is 45.3 Å². The lowest BCUT2D eigenvalue weighted by molar-refractivity contribution is -0.297. The smallest absolute Gasteiger partial charge is 0.332 e. The lowest BCUT2D eigenvalue weighted by Gasteiger charge is -2.45. The van der Waals surface area contributed by atoms with Crippen molar-refractivity contribution >= 4 is 32.4 Å². The Morgan fingerprint density at radius 1 is 0.489 bits per heavy atom. The number of amides is 2. The van der Waals surface area contributed by atoms with E-state index in [-0.39, 0.29) is 19.3 Å². The molecule has 530 valence electrons. The van der Waals surface area contributed by atoms with E-state index in [9.17, 15) is 54.7 Å². The highest BCUT2D eigenvalue weighted by Crippen LogP contribution is 2.38. The molecule has 2 heterocycles. The summed E-state index contributed by atoms with van der Waals surface area (Å²) in [6.45, 7) is 9.62. The molecule has 0 aromatic carbocycles. The average Bonchev–Trinajstić information content (AvgIpc) is 0.910. The summed E-state index contributed by atoms with van der Waals surface area (Å²) in [5.41, 5.74) is 0. The second kappa shape index (κ2) is 54.0. The molecule has 20 nitrogen and oxygen atoms in total. The minimum absolute atomic E-state index is 0.221. The van der Waals surface area contributed by atoms with Crippen LogP contribution in [0.25, 0.3) is 0 Å². The third-order valence-electron chi connectivity index (χ3n) is 17.6. The van der Waals surface area contributed by atoms with Crippen LogP contribution in [-0.2, 0) is 51.9 Å². The molecular formula is C69H131N2O18P. The number of aliphatic hydroxyl groups excluding tert-OH is 6. The fraction of sp³-hybridized carbons (Fsp3) is 0.942. The molecule has 0 saturated carbocycles. The molecule has 14 atom stereocenters. The molecule has 2 aliphatic heterocycles. The molecule has 0 aromatic heterocycles. The van der Waals surface area contributed by atoms with E-state index in [1.165, 1.54) is 97.0 Å². The summed E-state index contributed by atoms with van der Waals surface area (Å²) >= 11 is 0. The number of carbonyl (C=O) groups excluding carboxylic acids is 4. The molecule has 0 aliphatic carbocycles. The molecule has 0 radical (unpaired) electrons. The van der Waals surface area contributed by atoms with Crippen LogP contribution in [0.4, 0.5) is 0 Å². The second-order valence-corrected chi connectivity index (χ2v) is 27.4. The van der Waals surface area contributed by atoms with Gasteiger partial charge in [-0.15, -0.1) is 0 Å². The summed E-state index contributed by atoms with van der Waals surface area (Å²) in [4.78, 5) is 65.2. The molecule has 21 heteroatoms. The van der Waals surface area contributed by atoms with Crippen LogP contribution >= 0.6 is 8.60 Å². The lowest BCUT2D eigenvalue weighted by Crippen LogP contribution is -2.67. The van der Waals surface area contributed by atoms with Crippen molar-refractivity contribution in [1.29, 1.82) is 0 Å². The highest BCUT2D eigenvalue weighted by atomic mass is 31.2. The first-order chi connectivity index (χ1) is 43.5. The molecule has 2 rings (SSSR count). The second-order valence-electron chi connectivity index (χ2n) is 26.4. The number of esters is 2.